The second-order valence-corrected chi connectivity index (χ2v) is 5.30. The number of nitrogens with one attached hydrogen (secondary N) is 1. The van der Waals surface area contributed by atoms with E-state index in [-0.39, 0.29) is 11.7 Å². The molecule has 1 saturated heterocycles. The van der Waals surface area contributed by atoms with Crippen LogP contribution >= 0.6 is 11.8 Å². The summed E-state index contributed by atoms with van der Waals surface area (Å²) in [7, 11) is 0. The van der Waals surface area contributed by atoms with Crippen LogP contribution in [0.4, 0.5) is 14.5 Å². The number of benzene rings is 1. The van der Waals surface area contributed by atoms with Crippen molar-refractivity contribution in [1.82, 2.24) is 0 Å². The van der Waals surface area contributed by atoms with Crippen LogP contribution in [0.25, 0.3) is 0 Å². The van der Waals surface area contributed by atoms with Crippen molar-refractivity contribution in [2.24, 2.45) is 0 Å². The molecule has 0 amide bonds. The van der Waals surface area contributed by atoms with Crippen LogP contribution in [0.1, 0.15) is 23.2 Å². The standard InChI is InChI=1S/C12H13F2NO2S/c13-10-8(12(16)17)3-4-9(11(10)14)15-7-2-1-5-18-6-7/h3-4,7,15H,1-2,5-6H2,(H,16,17). The van der Waals surface area contributed by atoms with Gasteiger partial charge in [-0.2, -0.15) is 11.8 Å². The number of hydrogen-bond acceptors (Lipinski definition) is 3. The van der Waals surface area contributed by atoms with Crippen LogP contribution < -0.4 is 5.32 Å². The summed E-state index contributed by atoms with van der Waals surface area (Å²) < 4.78 is 27.1. The lowest BCUT2D eigenvalue weighted by Crippen LogP contribution is -2.26. The lowest BCUT2D eigenvalue weighted by molar-refractivity contribution is 0.0690. The fourth-order valence-electron chi connectivity index (χ4n) is 1.90. The maximum atomic E-state index is 13.7. The first-order valence-electron chi connectivity index (χ1n) is 5.65. The Morgan fingerprint density at radius 1 is 1.39 bits per heavy atom. The van der Waals surface area contributed by atoms with E-state index in [0.717, 1.165) is 30.4 Å². The monoisotopic (exact) mass is 273 g/mol. The van der Waals surface area contributed by atoms with Gasteiger partial charge in [0.15, 0.2) is 11.6 Å². The molecular weight excluding hydrogens is 260 g/mol. The molecule has 1 aliphatic heterocycles. The zero-order valence-electron chi connectivity index (χ0n) is 9.58. The molecule has 2 rings (SSSR count). The maximum absolute atomic E-state index is 13.7. The Morgan fingerprint density at radius 3 is 2.78 bits per heavy atom. The first-order valence-corrected chi connectivity index (χ1v) is 6.80. The third-order valence-electron chi connectivity index (χ3n) is 2.83. The zero-order chi connectivity index (χ0) is 13.1. The third-order valence-corrected chi connectivity index (χ3v) is 4.05. The van der Waals surface area contributed by atoms with Gasteiger partial charge in [0, 0.05) is 11.8 Å². The van der Waals surface area contributed by atoms with Crippen LogP contribution in [0.15, 0.2) is 12.1 Å². The second kappa shape index (κ2) is 5.56. The number of rotatable bonds is 3. The summed E-state index contributed by atoms with van der Waals surface area (Å²) in [5, 5.41) is 11.6. The Kier molecular flexibility index (Phi) is 4.06. The predicted octanol–water partition coefficient (Wildman–Crippen LogP) is 2.97. The van der Waals surface area contributed by atoms with Gasteiger partial charge in [0.05, 0.1) is 11.3 Å². The van der Waals surface area contributed by atoms with E-state index in [1.165, 1.54) is 6.07 Å². The van der Waals surface area contributed by atoms with Crippen LogP contribution in [0.3, 0.4) is 0 Å². The number of halogens is 2. The van der Waals surface area contributed by atoms with Gasteiger partial charge in [0.2, 0.25) is 0 Å². The van der Waals surface area contributed by atoms with Crippen LogP contribution in [0.2, 0.25) is 0 Å². The molecule has 1 fully saturated rings. The van der Waals surface area contributed by atoms with Crippen LogP contribution in [0, 0.1) is 11.6 Å². The van der Waals surface area contributed by atoms with Gasteiger partial charge in [-0.05, 0) is 30.7 Å². The number of hydrogen-bond donors (Lipinski definition) is 2. The van der Waals surface area contributed by atoms with E-state index in [0.29, 0.717) is 0 Å². The Bertz CT molecular complexity index is 462. The largest absolute Gasteiger partial charge is 0.478 e. The topological polar surface area (TPSA) is 49.3 Å². The predicted molar refractivity (Wildman–Crippen MR) is 67.3 cm³/mol. The van der Waals surface area contributed by atoms with E-state index in [2.05, 4.69) is 5.32 Å². The SMILES string of the molecule is O=C(O)c1ccc(NC2CCCSC2)c(F)c1F. The average Bonchev–Trinajstić information content (AvgIpc) is 2.36. The Hall–Kier alpha value is -1.30. The number of aromatic carboxylic acids is 1. The number of carbonyl (C=O) groups is 1. The van der Waals surface area contributed by atoms with Crippen molar-refractivity contribution in [3.05, 3.63) is 29.3 Å². The minimum atomic E-state index is -1.47. The van der Waals surface area contributed by atoms with Crippen molar-refractivity contribution >= 4 is 23.4 Å². The third kappa shape index (κ3) is 2.75. The summed E-state index contributed by atoms with van der Waals surface area (Å²) >= 11 is 1.77. The molecule has 0 spiro atoms. The van der Waals surface area contributed by atoms with E-state index >= 15 is 0 Å². The molecule has 1 aromatic rings. The molecule has 6 heteroatoms. The summed E-state index contributed by atoms with van der Waals surface area (Å²) in [5.74, 6) is -1.96. The second-order valence-electron chi connectivity index (χ2n) is 4.15. The van der Waals surface area contributed by atoms with Gasteiger partial charge in [0.25, 0.3) is 0 Å². The lowest BCUT2D eigenvalue weighted by Gasteiger charge is -2.23. The highest BCUT2D eigenvalue weighted by Crippen LogP contribution is 2.25. The Labute approximate surface area is 108 Å². The number of carboxylic acids is 1. The van der Waals surface area contributed by atoms with Crippen molar-refractivity contribution < 1.29 is 18.7 Å². The Morgan fingerprint density at radius 2 is 2.17 bits per heavy atom. The van der Waals surface area contributed by atoms with Gasteiger partial charge in [0.1, 0.15) is 0 Å². The van der Waals surface area contributed by atoms with Gasteiger partial charge in [-0.15, -0.1) is 0 Å². The molecule has 3 nitrogen and oxygen atoms in total. The zero-order valence-corrected chi connectivity index (χ0v) is 10.4. The highest BCUT2D eigenvalue weighted by Gasteiger charge is 2.20. The quantitative estimate of drug-likeness (QED) is 0.889. The molecule has 1 aliphatic rings. The van der Waals surface area contributed by atoms with Crippen LogP contribution in [-0.4, -0.2) is 28.6 Å². The van der Waals surface area contributed by atoms with E-state index in [1.54, 1.807) is 11.8 Å². The molecule has 1 aromatic carbocycles. The summed E-state index contributed by atoms with van der Waals surface area (Å²) in [6.07, 6.45) is 1.95. The fraction of sp³-hybridized carbons (Fsp3) is 0.417. The molecule has 0 aliphatic carbocycles. The lowest BCUT2D eigenvalue weighted by atomic mass is 10.1. The minimum absolute atomic E-state index is 0.0324. The molecule has 0 saturated carbocycles. The van der Waals surface area contributed by atoms with Crippen molar-refractivity contribution in [2.45, 2.75) is 18.9 Å². The van der Waals surface area contributed by atoms with Crippen molar-refractivity contribution in [2.75, 3.05) is 16.8 Å². The molecule has 1 unspecified atom stereocenters. The summed E-state index contributed by atoms with van der Waals surface area (Å²) in [6, 6.07) is 2.47. The molecule has 0 radical (unpaired) electrons. The normalized spacial score (nSPS) is 19.6. The van der Waals surface area contributed by atoms with E-state index in [9.17, 15) is 13.6 Å². The van der Waals surface area contributed by atoms with E-state index in [4.69, 9.17) is 5.11 Å². The first-order chi connectivity index (χ1) is 8.59. The Balaban J connectivity index is 2.18. The molecule has 0 bridgehead atoms. The van der Waals surface area contributed by atoms with Gasteiger partial charge >= 0.3 is 5.97 Å². The minimum Gasteiger partial charge on any atom is -0.478 e. The van der Waals surface area contributed by atoms with Gasteiger partial charge in [-0.25, -0.2) is 13.6 Å². The van der Waals surface area contributed by atoms with Crippen molar-refractivity contribution in [1.29, 1.82) is 0 Å². The van der Waals surface area contributed by atoms with E-state index in [1.807, 2.05) is 0 Å². The summed E-state index contributed by atoms with van der Waals surface area (Å²) in [5.41, 5.74) is -0.610. The van der Waals surface area contributed by atoms with Gasteiger partial charge in [-0.3, -0.25) is 0 Å². The summed E-state index contributed by atoms with van der Waals surface area (Å²) in [6.45, 7) is 0. The number of carboxylic acid groups (broad SMARTS) is 1. The average molecular weight is 273 g/mol. The van der Waals surface area contributed by atoms with Crippen LogP contribution in [0.5, 0.6) is 0 Å². The van der Waals surface area contributed by atoms with E-state index < -0.39 is 23.2 Å². The fourth-order valence-corrected chi connectivity index (χ4v) is 2.97. The van der Waals surface area contributed by atoms with Gasteiger partial charge in [-0.1, -0.05) is 0 Å². The van der Waals surface area contributed by atoms with Crippen molar-refractivity contribution in [3.8, 4) is 0 Å². The summed E-state index contributed by atoms with van der Waals surface area (Å²) in [4.78, 5) is 10.6. The first kappa shape index (κ1) is 13.1. The van der Waals surface area contributed by atoms with Crippen LogP contribution in [-0.2, 0) is 0 Å². The molecule has 2 N–H and O–H groups in total. The molecular formula is C12H13F2NO2S. The molecule has 0 aromatic heterocycles. The molecule has 1 heterocycles. The maximum Gasteiger partial charge on any atom is 0.338 e. The molecule has 1 atom stereocenters. The highest BCUT2D eigenvalue weighted by molar-refractivity contribution is 7.99. The molecule has 18 heavy (non-hydrogen) atoms. The number of thioether (sulfide) groups is 1. The molecule has 98 valence electrons. The number of anilines is 1. The van der Waals surface area contributed by atoms with Crippen molar-refractivity contribution in [3.63, 3.8) is 0 Å². The highest BCUT2D eigenvalue weighted by atomic mass is 32.2. The smallest absolute Gasteiger partial charge is 0.338 e. The van der Waals surface area contributed by atoms with Gasteiger partial charge < -0.3 is 10.4 Å².